The molecule has 0 spiro atoms. The molecule has 0 N–H and O–H groups in total. The fourth-order valence-electron chi connectivity index (χ4n) is 2.02. The quantitative estimate of drug-likeness (QED) is 0.438. The van der Waals surface area contributed by atoms with E-state index in [0.29, 0.717) is 12.1 Å². The SMILES string of the molecule is O=C(CC(=O)C1(F)C(F)(F)C1(F)F)c1cc(Cl)cc(C(F)(F)F)c1. The van der Waals surface area contributed by atoms with Gasteiger partial charge in [-0.3, -0.25) is 9.59 Å². The van der Waals surface area contributed by atoms with Gasteiger partial charge in [0, 0.05) is 10.6 Å². The van der Waals surface area contributed by atoms with Gasteiger partial charge in [-0.25, -0.2) is 4.39 Å². The molecule has 1 aliphatic carbocycles. The fraction of sp³-hybridized carbons (Fsp3) is 0.385. The highest BCUT2D eigenvalue weighted by atomic mass is 35.5. The van der Waals surface area contributed by atoms with E-state index in [1.165, 1.54) is 0 Å². The molecule has 0 saturated heterocycles. The molecule has 1 aromatic carbocycles. The highest BCUT2D eigenvalue weighted by molar-refractivity contribution is 6.31. The van der Waals surface area contributed by atoms with Crippen molar-refractivity contribution in [3.05, 3.63) is 34.3 Å². The summed E-state index contributed by atoms with van der Waals surface area (Å²) in [5, 5.41) is -0.572. The van der Waals surface area contributed by atoms with E-state index in [-0.39, 0.29) is 6.07 Å². The molecular formula is C13H5ClF8O2. The average Bonchev–Trinajstić information content (AvgIpc) is 2.75. The number of carbonyl (C=O) groups is 2. The van der Waals surface area contributed by atoms with Gasteiger partial charge in [0.25, 0.3) is 0 Å². The van der Waals surface area contributed by atoms with E-state index in [9.17, 15) is 44.7 Å². The Kier molecular flexibility index (Phi) is 3.99. The molecule has 0 bridgehead atoms. The lowest BCUT2D eigenvalue weighted by Gasteiger charge is -2.10. The normalized spacial score (nSPS) is 20.5. The molecule has 0 aromatic heterocycles. The second kappa shape index (κ2) is 5.14. The average molecular weight is 381 g/mol. The number of Topliss-reactive ketones (excluding diaryl/α,β-unsaturated/α-hetero) is 2. The number of rotatable bonds is 4. The molecule has 0 unspecified atom stereocenters. The first-order valence-electron chi connectivity index (χ1n) is 6.05. The Bertz CT molecular complexity index is 711. The minimum absolute atomic E-state index is 0.246. The van der Waals surface area contributed by atoms with Crippen molar-refractivity contribution in [1.82, 2.24) is 0 Å². The summed E-state index contributed by atoms with van der Waals surface area (Å²) in [4.78, 5) is 23.0. The summed E-state index contributed by atoms with van der Waals surface area (Å²) in [6.07, 6.45) is -6.68. The number of alkyl halides is 8. The van der Waals surface area contributed by atoms with Crippen LogP contribution < -0.4 is 0 Å². The second-order valence-corrected chi connectivity index (χ2v) is 5.49. The van der Waals surface area contributed by atoms with Crippen molar-refractivity contribution in [1.29, 1.82) is 0 Å². The Balaban J connectivity index is 2.26. The van der Waals surface area contributed by atoms with Crippen LogP contribution in [0.25, 0.3) is 0 Å². The van der Waals surface area contributed by atoms with Crippen molar-refractivity contribution in [3.8, 4) is 0 Å². The van der Waals surface area contributed by atoms with Crippen LogP contribution in [-0.2, 0) is 11.0 Å². The van der Waals surface area contributed by atoms with Crippen LogP contribution in [0, 0.1) is 0 Å². The zero-order valence-electron chi connectivity index (χ0n) is 11.2. The smallest absolute Gasteiger partial charge is 0.295 e. The van der Waals surface area contributed by atoms with Gasteiger partial charge in [0.2, 0.25) is 0 Å². The van der Waals surface area contributed by atoms with Crippen LogP contribution in [-0.4, -0.2) is 29.1 Å². The zero-order chi connectivity index (χ0) is 18.7. The Morgan fingerprint density at radius 2 is 1.46 bits per heavy atom. The maximum absolute atomic E-state index is 13.5. The third-order valence-corrected chi connectivity index (χ3v) is 3.67. The van der Waals surface area contributed by atoms with Crippen molar-refractivity contribution in [3.63, 3.8) is 0 Å². The topological polar surface area (TPSA) is 34.1 Å². The van der Waals surface area contributed by atoms with Gasteiger partial charge < -0.3 is 0 Å². The van der Waals surface area contributed by atoms with Gasteiger partial charge in [-0.05, 0) is 18.2 Å². The lowest BCUT2D eigenvalue weighted by atomic mass is 10.0. The van der Waals surface area contributed by atoms with Gasteiger partial charge >= 0.3 is 23.7 Å². The van der Waals surface area contributed by atoms with E-state index in [2.05, 4.69) is 0 Å². The summed E-state index contributed by atoms with van der Waals surface area (Å²) in [6.45, 7) is 0. The van der Waals surface area contributed by atoms with Crippen LogP contribution in [0.5, 0.6) is 0 Å². The molecule has 24 heavy (non-hydrogen) atoms. The van der Waals surface area contributed by atoms with Gasteiger partial charge in [-0.2, -0.15) is 30.7 Å². The number of hydrogen-bond acceptors (Lipinski definition) is 2. The molecule has 132 valence electrons. The van der Waals surface area contributed by atoms with Gasteiger partial charge in [-0.15, -0.1) is 0 Å². The molecule has 1 fully saturated rings. The summed E-state index contributed by atoms with van der Waals surface area (Å²) in [7, 11) is 0. The number of halogens is 9. The summed E-state index contributed by atoms with van der Waals surface area (Å²) in [6, 6.07) is 1.36. The third kappa shape index (κ3) is 2.47. The summed E-state index contributed by atoms with van der Waals surface area (Å²) in [5.41, 5.74) is -7.08. The van der Waals surface area contributed by atoms with Crippen LogP contribution in [0.3, 0.4) is 0 Å². The first-order chi connectivity index (χ1) is 10.7. The van der Waals surface area contributed by atoms with E-state index in [1.807, 2.05) is 0 Å². The predicted molar refractivity (Wildman–Crippen MR) is 64.1 cm³/mol. The van der Waals surface area contributed by atoms with Gasteiger partial charge in [0.1, 0.15) is 0 Å². The molecule has 0 radical (unpaired) electrons. The van der Waals surface area contributed by atoms with Crippen LogP contribution in [0.2, 0.25) is 5.02 Å². The number of benzene rings is 1. The first-order valence-corrected chi connectivity index (χ1v) is 6.43. The van der Waals surface area contributed by atoms with Crippen LogP contribution in [0.15, 0.2) is 18.2 Å². The van der Waals surface area contributed by atoms with Crippen molar-refractivity contribution in [2.45, 2.75) is 30.1 Å². The van der Waals surface area contributed by atoms with E-state index >= 15 is 0 Å². The minimum atomic E-state index is -5.27. The maximum Gasteiger partial charge on any atom is 0.416 e. The molecule has 2 rings (SSSR count). The number of carbonyl (C=O) groups excluding carboxylic acids is 2. The molecule has 0 aliphatic heterocycles. The largest absolute Gasteiger partial charge is 0.416 e. The van der Waals surface area contributed by atoms with E-state index < -0.39 is 57.8 Å². The monoisotopic (exact) mass is 380 g/mol. The van der Waals surface area contributed by atoms with Crippen molar-refractivity contribution in [2.75, 3.05) is 0 Å². The molecule has 1 aromatic rings. The lowest BCUT2D eigenvalue weighted by Crippen LogP contribution is -2.29. The van der Waals surface area contributed by atoms with Crippen molar-refractivity contribution >= 4 is 23.2 Å². The van der Waals surface area contributed by atoms with E-state index in [1.54, 1.807) is 0 Å². The standard InChI is InChI=1S/C13H5ClF8O2/c14-7-2-5(1-6(3-7)11(16,17)18)8(23)4-9(24)10(15)12(19,20)13(10,21)22/h1-3H,4H2. The minimum Gasteiger partial charge on any atom is -0.295 e. The summed E-state index contributed by atoms with van der Waals surface area (Å²) >= 11 is 5.38. The Labute approximate surface area is 133 Å². The summed E-state index contributed by atoms with van der Waals surface area (Å²) in [5.74, 6) is -14.5. The van der Waals surface area contributed by atoms with Crippen LogP contribution in [0.4, 0.5) is 35.1 Å². The first kappa shape index (κ1) is 18.6. The molecule has 0 amide bonds. The van der Waals surface area contributed by atoms with Gasteiger partial charge in [-0.1, -0.05) is 11.6 Å². The Hall–Kier alpha value is -1.71. The Morgan fingerprint density at radius 3 is 1.88 bits per heavy atom. The van der Waals surface area contributed by atoms with Crippen molar-refractivity contribution < 1.29 is 44.7 Å². The number of hydrogen-bond donors (Lipinski definition) is 0. The molecular weight excluding hydrogens is 376 g/mol. The highest BCUT2D eigenvalue weighted by Crippen LogP contribution is 2.68. The van der Waals surface area contributed by atoms with Crippen LogP contribution >= 0.6 is 11.6 Å². The molecule has 0 atom stereocenters. The fourth-order valence-corrected chi connectivity index (χ4v) is 2.26. The maximum atomic E-state index is 13.5. The van der Waals surface area contributed by atoms with Crippen LogP contribution in [0.1, 0.15) is 22.3 Å². The molecule has 0 heterocycles. The van der Waals surface area contributed by atoms with Gasteiger partial charge in [0.15, 0.2) is 11.6 Å². The second-order valence-electron chi connectivity index (χ2n) is 5.06. The highest BCUT2D eigenvalue weighted by Gasteiger charge is 3.01. The molecule has 2 nitrogen and oxygen atoms in total. The van der Waals surface area contributed by atoms with E-state index in [4.69, 9.17) is 11.6 Å². The molecule has 1 aliphatic rings. The van der Waals surface area contributed by atoms with Gasteiger partial charge in [0.05, 0.1) is 12.0 Å². The molecule has 1 saturated carbocycles. The predicted octanol–water partition coefficient (Wildman–Crippen LogP) is 4.49. The third-order valence-electron chi connectivity index (χ3n) is 3.45. The van der Waals surface area contributed by atoms with Crippen molar-refractivity contribution in [2.24, 2.45) is 0 Å². The number of ketones is 2. The lowest BCUT2D eigenvalue weighted by molar-refractivity contribution is -0.137. The van der Waals surface area contributed by atoms with E-state index in [0.717, 1.165) is 0 Å². The molecule has 11 heteroatoms. The zero-order valence-corrected chi connectivity index (χ0v) is 11.9. The summed E-state index contributed by atoms with van der Waals surface area (Å²) < 4.78 is 102. The Morgan fingerprint density at radius 1 is 0.958 bits per heavy atom.